The van der Waals surface area contributed by atoms with Gasteiger partial charge in [0.1, 0.15) is 5.52 Å². The summed E-state index contributed by atoms with van der Waals surface area (Å²) in [6.45, 7) is 2.77. The van der Waals surface area contributed by atoms with E-state index in [-0.39, 0.29) is 0 Å². The SMILES string of the molecule is Cc1cc2c(N(C)C3CCCC3CN)nccn2n1. The Bertz CT molecular complexity index is 576. The van der Waals surface area contributed by atoms with Crippen LogP contribution >= 0.6 is 0 Å². The minimum Gasteiger partial charge on any atom is -0.355 e. The summed E-state index contributed by atoms with van der Waals surface area (Å²) < 4.78 is 1.90. The molecular weight excluding hydrogens is 238 g/mol. The van der Waals surface area contributed by atoms with E-state index in [2.05, 4.69) is 28.1 Å². The van der Waals surface area contributed by atoms with E-state index in [4.69, 9.17) is 5.73 Å². The predicted octanol–water partition coefficient (Wildman–Crippen LogP) is 1.60. The van der Waals surface area contributed by atoms with Crippen LogP contribution in [0, 0.1) is 12.8 Å². The van der Waals surface area contributed by atoms with Gasteiger partial charge in [0, 0.05) is 25.5 Å². The number of hydrogen-bond acceptors (Lipinski definition) is 4. The first-order chi connectivity index (χ1) is 9.20. The summed E-state index contributed by atoms with van der Waals surface area (Å²) in [5.74, 6) is 1.59. The third-order valence-electron chi connectivity index (χ3n) is 4.24. The molecule has 1 aliphatic rings. The fourth-order valence-electron chi connectivity index (χ4n) is 3.26. The van der Waals surface area contributed by atoms with E-state index in [0.717, 1.165) is 23.6 Å². The molecule has 0 aromatic carbocycles. The Labute approximate surface area is 113 Å². The van der Waals surface area contributed by atoms with Crippen LogP contribution in [0.15, 0.2) is 18.5 Å². The summed E-state index contributed by atoms with van der Waals surface area (Å²) >= 11 is 0. The number of hydrogen-bond donors (Lipinski definition) is 1. The summed E-state index contributed by atoms with van der Waals surface area (Å²) in [5, 5.41) is 4.45. The molecule has 19 heavy (non-hydrogen) atoms. The number of anilines is 1. The Hall–Kier alpha value is -1.62. The van der Waals surface area contributed by atoms with E-state index < -0.39 is 0 Å². The van der Waals surface area contributed by atoms with Crippen LogP contribution in [0.4, 0.5) is 5.82 Å². The van der Waals surface area contributed by atoms with Gasteiger partial charge in [-0.2, -0.15) is 5.10 Å². The lowest BCUT2D eigenvalue weighted by atomic mass is 10.0. The molecule has 2 aromatic heterocycles. The predicted molar refractivity (Wildman–Crippen MR) is 76.3 cm³/mol. The molecule has 1 fully saturated rings. The van der Waals surface area contributed by atoms with E-state index in [1.165, 1.54) is 19.3 Å². The molecule has 2 unspecified atom stereocenters. The first kappa shape index (κ1) is 12.4. The van der Waals surface area contributed by atoms with Crippen molar-refractivity contribution < 1.29 is 0 Å². The van der Waals surface area contributed by atoms with Crippen LogP contribution < -0.4 is 10.6 Å². The van der Waals surface area contributed by atoms with Crippen LogP contribution in [-0.2, 0) is 0 Å². The van der Waals surface area contributed by atoms with E-state index in [1.54, 1.807) is 0 Å². The lowest BCUT2D eigenvalue weighted by Gasteiger charge is -2.30. The lowest BCUT2D eigenvalue weighted by Crippen LogP contribution is -2.38. The van der Waals surface area contributed by atoms with Crippen molar-refractivity contribution >= 4 is 11.3 Å². The molecule has 0 radical (unpaired) electrons. The Balaban J connectivity index is 1.99. The molecule has 5 heteroatoms. The molecule has 2 aromatic rings. The number of aryl methyl sites for hydroxylation is 1. The Kier molecular flexibility index (Phi) is 3.14. The third kappa shape index (κ3) is 2.08. The maximum absolute atomic E-state index is 5.89. The van der Waals surface area contributed by atoms with Crippen molar-refractivity contribution in [3.63, 3.8) is 0 Å². The normalized spacial score (nSPS) is 23.1. The van der Waals surface area contributed by atoms with Gasteiger partial charge in [0.25, 0.3) is 0 Å². The van der Waals surface area contributed by atoms with Gasteiger partial charge in [-0.15, -0.1) is 0 Å². The molecule has 0 saturated heterocycles. The average Bonchev–Trinajstić information content (AvgIpc) is 3.01. The molecular formula is C14H21N5. The standard InChI is InChI=1S/C14H21N5/c1-10-8-13-14(16-6-7-19(13)17-10)18(2)12-5-3-4-11(12)9-15/h6-8,11-12H,3-5,9,15H2,1-2H3. The molecule has 2 heterocycles. The van der Waals surface area contributed by atoms with Crippen molar-refractivity contribution in [2.45, 2.75) is 32.2 Å². The quantitative estimate of drug-likeness (QED) is 0.909. The fourth-order valence-corrected chi connectivity index (χ4v) is 3.26. The van der Waals surface area contributed by atoms with Crippen molar-refractivity contribution in [1.82, 2.24) is 14.6 Å². The second-order valence-electron chi connectivity index (χ2n) is 5.47. The van der Waals surface area contributed by atoms with E-state index in [1.807, 2.05) is 23.8 Å². The second-order valence-corrected chi connectivity index (χ2v) is 5.47. The lowest BCUT2D eigenvalue weighted by molar-refractivity contribution is 0.472. The van der Waals surface area contributed by atoms with Crippen LogP contribution in [0.5, 0.6) is 0 Å². The third-order valence-corrected chi connectivity index (χ3v) is 4.24. The summed E-state index contributed by atoms with van der Waals surface area (Å²) in [7, 11) is 2.13. The molecule has 102 valence electrons. The van der Waals surface area contributed by atoms with Gasteiger partial charge >= 0.3 is 0 Å². The highest BCUT2D eigenvalue weighted by atomic mass is 15.3. The van der Waals surface area contributed by atoms with Crippen LogP contribution in [0.3, 0.4) is 0 Å². The van der Waals surface area contributed by atoms with Gasteiger partial charge in [-0.25, -0.2) is 9.50 Å². The highest BCUT2D eigenvalue weighted by molar-refractivity contribution is 5.69. The molecule has 5 nitrogen and oxygen atoms in total. The van der Waals surface area contributed by atoms with Gasteiger partial charge in [0.05, 0.1) is 5.69 Å². The van der Waals surface area contributed by atoms with Crippen molar-refractivity contribution in [1.29, 1.82) is 0 Å². The first-order valence-corrected chi connectivity index (χ1v) is 6.94. The Morgan fingerprint density at radius 2 is 2.32 bits per heavy atom. The largest absolute Gasteiger partial charge is 0.355 e. The van der Waals surface area contributed by atoms with Gasteiger partial charge in [0.15, 0.2) is 5.82 Å². The molecule has 0 bridgehead atoms. The summed E-state index contributed by atoms with van der Waals surface area (Å²) in [6, 6.07) is 2.59. The first-order valence-electron chi connectivity index (χ1n) is 6.94. The minimum absolute atomic E-state index is 0.499. The summed E-state index contributed by atoms with van der Waals surface area (Å²) in [6.07, 6.45) is 7.41. The average molecular weight is 259 g/mol. The van der Waals surface area contributed by atoms with E-state index in [0.29, 0.717) is 12.0 Å². The number of nitrogens with zero attached hydrogens (tertiary/aromatic N) is 4. The molecule has 0 aliphatic heterocycles. The van der Waals surface area contributed by atoms with Gasteiger partial charge in [0.2, 0.25) is 0 Å². The molecule has 0 spiro atoms. The number of fused-ring (bicyclic) bond motifs is 1. The zero-order chi connectivity index (χ0) is 13.4. The number of rotatable bonds is 3. The number of nitrogens with two attached hydrogens (primary N) is 1. The Morgan fingerprint density at radius 1 is 1.47 bits per heavy atom. The monoisotopic (exact) mass is 259 g/mol. The maximum atomic E-state index is 5.89. The molecule has 2 atom stereocenters. The maximum Gasteiger partial charge on any atom is 0.154 e. The van der Waals surface area contributed by atoms with Crippen LogP contribution in [0.2, 0.25) is 0 Å². The van der Waals surface area contributed by atoms with Crippen molar-refractivity contribution in [3.8, 4) is 0 Å². The van der Waals surface area contributed by atoms with Gasteiger partial charge in [-0.3, -0.25) is 0 Å². The fraction of sp³-hybridized carbons (Fsp3) is 0.571. The van der Waals surface area contributed by atoms with Gasteiger partial charge in [-0.1, -0.05) is 6.42 Å². The van der Waals surface area contributed by atoms with Crippen molar-refractivity contribution in [3.05, 3.63) is 24.2 Å². The topological polar surface area (TPSA) is 59.5 Å². The van der Waals surface area contributed by atoms with E-state index >= 15 is 0 Å². The summed E-state index contributed by atoms with van der Waals surface area (Å²) in [4.78, 5) is 6.85. The zero-order valence-electron chi connectivity index (χ0n) is 11.6. The molecule has 0 amide bonds. The smallest absolute Gasteiger partial charge is 0.154 e. The zero-order valence-corrected chi connectivity index (χ0v) is 11.6. The van der Waals surface area contributed by atoms with Crippen molar-refractivity contribution in [2.75, 3.05) is 18.5 Å². The number of aromatic nitrogens is 3. The van der Waals surface area contributed by atoms with Crippen molar-refractivity contribution in [2.24, 2.45) is 11.7 Å². The molecule has 1 saturated carbocycles. The minimum atomic E-state index is 0.499. The van der Waals surface area contributed by atoms with E-state index in [9.17, 15) is 0 Å². The van der Waals surface area contributed by atoms with Crippen LogP contribution in [-0.4, -0.2) is 34.2 Å². The van der Waals surface area contributed by atoms with Gasteiger partial charge < -0.3 is 10.6 Å². The van der Waals surface area contributed by atoms with Crippen LogP contribution in [0.1, 0.15) is 25.0 Å². The summed E-state index contributed by atoms with van der Waals surface area (Å²) in [5.41, 5.74) is 7.98. The van der Waals surface area contributed by atoms with Crippen LogP contribution in [0.25, 0.3) is 5.52 Å². The highest BCUT2D eigenvalue weighted by Gasteiger charge is 2.30. The molecule has 3 rings (SSSR count). The molecule has 2 N–H and O–H groups in total. The second kappa shape index (κ2) is 4.81. The molecule has 1 aliphatic carbocycles. The van der Waals surface area contributed by atoms with Gasteiger partial charge in [-0.05, 0) is 38.3 Å². The highest BCUT2D eigenvalue weighted by Crippen LogP contribution is 2.32. The Morgan fingerprint density at radius 3 is 3.11 bits per heavy atom.